The molecule has 0 bridgehead atoms. The van der Waals surface area contributed by atoms with Crippen LogP contribution in [-0.2, 0) is 35.6 Å². The maximum absolute atomic E-state index is 12.7. The molecule has 0 saturated heterocycles. The van der Waals surface area contributed by atoms with Crippen LogP contribution in [-0.4, -0.2) is 48.0 Å². The van der Waals surface area contributed by atoms with E-state index in [1.54, 1.807) is 11.1 Å². The lowest BCUT2D eigenvalue weighted by Crippen LogP contribution is -2.36. The average Bonchev–Trinajstić information content (AvgIpc) is 3.50. The number of nitrogens with zero attached hydrogens (tertiary/aromatic N) is 6. The van der Waals surface area contributed by atoms with E-state index >= 15 is 0 Å². The summed E-state index contributed by atoms with van der Waals surface area (Å²) in [7, 11) is 0. The van der Waals surface area contributed by atoms with Crippen molar-refractivity contribution in [2.75, 3.05) is 6.54 Å². The third-order valence-corrected chi connectivity index (χ3v) is 5.83. The first-order chi connectivity index (χ1) is 17.0. The lowest BCUT2D eigenvalue weighted by molar-refractivity contribution is -0.133. The molecule has 0 atom stereocenters. The molecule has 5 rings (SSSR count). The lowest BCUT2D eigenvalue weighted by Gasteiger charge is -2.15. The van der Waals surface area contributed by atoms with Crippen molar-refractivity contribution >= 4 is 11.8 Å². The van der Waals surface area contributed by atoms with Crippen molar-refractivity contribution < 1.29 is 9.59 Å². The molecule has 0 fully saturated rings. The fourth-order valence-corrected chi connectivity index (χ4v) is 4.12. The second-order valence-electron chi connectivity index (χ2n) is 8.50. The standard InChI is InChI=1S/C26H25N7O2/c1-18(34)28-14-25(35)32-16-21-23(17-32)29-24(12-19-6-3-2-4-7-19)30-26(21)22-9-11-33(31-22)15-20-8-5-10-27-13-20/h2-11,13H,12,14-17H2,1H3,(H,28,34). The molecular weight excluding hydrogens is 442 g/mol. The minimum Gasteiger partial charge on any atom is -0.347 e. The molecule has 0 unspecified atom stereocenters. The van der Waals surface area contributed by atoms with E-state index in [2.05, 4.69) is 10.3 Å². The molecule has 3 aromatic heterocycles. The Morgan fingerprint density at radius 2 is 1.83 bits per heavy atom. The van der Waals surface area contributed by atoms with E-state index in [0.29, 0.717) is 31.9 Å². The molecule has 2 amide bonds. The highest BCUT2D eigenvalue weighted by atomic mass is 16.2. The van der Waals surface area contributed by atoms with Crippen molar-refractivity contribution in [3.05, 3.63) is 95.3 Å². The second kappa shape index (κ2) is 9.84. The molecule has 4 aromatic rings. The lowest BCUT2D eigenvalue weighted by atomic mass is 10.1. The minimum absolute atomic E-state index is 0.0390. The summed E-state index contributed by atoms with van der Waals surface area (Å²) in [5.41, 5.74) is 5.34. The van der Waals surface area contributed by atoms with Crippen molar-refractivity contribution in [2.45, 2.75) is 33.0 Å². The van der Waals surface area contributed by atoms with Crippen LogP contribution in [0.1, 0.15) is 35.1 Å². The summed E-state index contributed by atoms with van der Waals surface area (Å²) < 4.78 is 1.85. The number of hydrogen-bond donors (Lipinski definition) is 1. The van der Waals surface area contributed by atoms with Crippen molar-refractivity contribution in [3.8, 4) is 11.4 Å². The monoisotopic (exact) mass is 467 g/mol. The Balaban J connectivity index is 1.46. The van der Waals surface area contributed by atoms with Crippen LogP contribution in [0.5, 0.6) is 0 Å². The van der Waals surface area contributed by atoms with Gasteiger partial charge in [0, 0.05) is 37.5 Å². The van der Waals surface area contributed by atoms with Crippen molar-refractivity contribution in [2.24, 2.45) is 0 Å². The van der Waals surface area contributed by atoms with E-state index in [9.17, 15) is 9.59 Å². The first-order valence-corrected chi connectivity index (χ1v) is 11.4. The van der Waals surface area contributed by atoms with Crippen LogP contribution in [0.4, 0.5) is 0 Å². The van der Waals surface area contributed by atoms with Crippen LogP contribution in [0.2, 0.25) is 0 Å². The van der Waals surface area contributed by atoms with Gasteiger partial charge in [-0.2, -0.15) is 5.10 Å². The van der Waals surface area contributed by atoms with Gasteiger partial charge in [-0.25, -0.2) is 9.97 Å². The Kier molecular flexibility index (Phi) is 6.30. The van der Waals surface area contributed by atoms with Gasteiger partial charge in [-0.3, -0.25) is 19.3 Å². The van der Waals surface area contributed by atoms with E-state index in [4.69, 9.17) is 15.1 Å². The van der Waals surface area contributed by atoms with Gasteiger partial charge in [-0.1, -0.05) is 36.4 Å². The first kappa shape index (κ1) is 22.4. The largest absolute Gasteiger partial charge is 0.347 e. The molecule has 9 nitrogen and oxygen atoms in total. The zero-order chi connectivity index (χ0) is 24.2. The number of pyridine rings is 1. The number of rotatable bonds is 7. The highest BCUT2D eigenvalue weighted by Crippen LogP contribution is 2.30. The molecule has 0 spiro atoms. The second-order valence-corrected chi connectivity index (χ2v) is 8.50. The summed E-state index contributed by atoms with van der Waals surface area (Å²) >= 11 is 0. The molecule has 1 aliphatic heterocycles. The summed E-state index contributed by atoms with van der Waals surface area (Å²) in [5.74, 6) is 0.290. The number of carbonyl (C=O) groups excluding carboxylic acids is 2. The number of carbonyl (C=O) groups is 2. The van der Waals surface area contributed by atoms with Crippen LogP contribution in [0.25, 0.3) is 11.4 Å². The SMILES string of the molecule is CC(=O)NCC(=O)N1Cc2nc(Cc3ccccc3)nc(-c3ccn(Cc4cccnc4)n3)c2C1. The fraction of sp³-hybridized carbons (Fsp3) is 0.231. The smallest absolute Gasteiger partial charge is 0.242 e. The maximum atomic E-state index is 12.7. The number of amides is 2. The molecule has 1 aliphatic rings. The van der Waals surface area contributed by atoms with E-state index in [0.717, 1.165) is 33.8 Å². The number of aromatic nitrogens is 5. The van der Waals surface area contributed by atoms with E-state index < -0.39 is 0 Å². The van der Waals surface area contributed by atoms with Gasteiger partial charge in [0.1, 0.15) is 11.5 Å². The zero-order valence-corrected chi connectivity index (χ0v) is 19.4. The van der Waals surface area contributed by atoms with Crippen LogP contribution < -0.4 is 5.32 Å². The molecule has 35 heavy (non-hydrogen) atoms. The third-order valence-electron chi connectivity index (χ3n) is 5.83. The molecule has 1 aromatic carbocycles. The fourth-order valence-electron chi connectivity index (χ4n) is 4.12. The van der Waals surface area contributed by atoms with Gasteiger partial charge >= 0.3 is 0 Å². The van der Waals surface area contributed by atoms with Crippen molar-refractivity contribution in [3.63, 3.8) is 0 Å². The predicted molar refractivity (Wildman–Crippen MR) is 129 cm³/mol. The summed E-state index contributed by atoms with van der Waals surface area (Å²) in [4.78, 5) is 39.5. The summed E-state index contributed by atoms with van der Waals surface area (Å²) in [6, 6.07) is 15.9. The van der Waals surface area contributed by atoms with Gasteiger partial charge in [-0.15, -0.1) is 0 Å². The predicted octanol–water partition coefficient (Wildman–Crippen LogP) is 2.35. The quantitative estimate of drug-likeness (QED) is 0.447. The molecular formula is C26H25N7O2. The number of nitrogens with one attached hydrogen (secondary N) is 1. The van der Waals surface area contributed by atoms with E-state index in [1.807, 2.05) is 65.6 Å². The zero-order valence-electron chi connectivity index (χ0n) is 19.4. The Morgan fingerprint density at radius 1 is 1.00 bits per heavy atom. The number of benzene rings is 1. The van der Waals surface area contributed by atoms with Crippen molar-refractivity contribution in [1.82, 2.24) is 34.9 Å². The van der Waals surface area contributed by atoms with Gasteiger partial charge in [0.05, 0.1) is 37.6 Å². The Morgan fingerprint density at radius 3 is 2.60 bits per heavy atom. The Labute approximate surface area is 202 Å². The molecule has 0 aliphatic carbocycles. The molecule has 4 heterocycles. The number of fused-ring (bicyclic) bond motifs is 1. The maximum Gasteiger partial charge on any atom is 0.242 e. The topological polar surface area (TPSA) is 106 Å². The summed E-state index contributed by atoms with van der Waals surface area (Å²) in [5, 5.41) is 7.35. The van der Waals surface area contributed by atoms with Crippen molar-refractivity contribution in [1.29, 1.82) is 0 Å². The first-order valence-electron chi connectivity index (χ1n) is 11.4. The van der Waals surface area contributed by atoms with E-state index in [1.165, 1.54) is 6.92 Å². The average molecular weight is 468 g/mol. The minimum atomic E-state index is -0.236. The van der Waals surface area contributed by atoms with Gasteiger partial charge in [0.2, 0.25) is 11.8 Å². The Bertz CT molecular complexity index is 1350. The van der Waals surface area contributed by atoms with Crippen LogP contribution in [0, 0.1) is 0 Å². The third kappa shape index (κ3) is 5.24. The van der Waals surface area contributed by atoms with Gasteiger partial charge in [0.15, 0.2) is 0 Å². The molecule has 0 saturated carbocycles. The normalized spacial score (nSPS) is 12.4. The highest BCUT2D eigenvalue weighted by molar-refractivity contribution is 5.84. The molecule has 0 radical (unpaired) electrons. The van der Waals surface area contributed by atoms with E-state index in [-0.39, 0.29) is 18.4 Å². The van der Waals surface area contributed by atoms with Crippen LogP contribution in [0.3, 0.4) is 0 Å². The molecule has 1 N–H and O–H groups in total. The molecule has 176 valence electrons. The summed E-state index contributed by atoms with van der Waals surface area (Å²) in [6.07, 6.45) is 6.06. The van der Waals surface area contributed by atoms with Gasteiger partial charge < -0.3 is 10.2 Å². The highest BCUT2D eigenvalue weighted by Gasteiger charge is 2.29. The number of hydrogen-bond acceptors (Lipinski definition) is 6. The molecule has 9 heteroatoms. The van der Waals surface area contributed by atoms with Gasteiger partial charge in [-0.05, 0) is 23.3 Å². The van der Waals surface area contributed by atoms with Crippen LogP contribution in [0.15, 0.2) is 67.1 Å². The summed E-state index contributed by atoms with van der Waals surface area (Å²) in [6.45, 7) is 2.71. The van der Waals surface area contributed by atoms with Crippen LogP contribution >= 0.6 is 0 Å². The van der Waals surface area contributed by atoms with Gasteiger partial charge in [0.25, 0.3) is 0 Å². The Hall–Kier alpha value is -4.40.